The monoisotopic (exact) mass is 233 g/mol. The Morgan fingerprint density at radius 3 is 3.06 bits per heavy atom. The van der Waals surface area contributed by atoms with E-state index in [1.165, 1.54) is 5.56 Å². The van der Waals surface area contributed by atoms with Crippen LogP contribution in [0.4, 0.5) is 0 Å². The third kappa shape index (κ3) is 3.42. The zero-order valence-electron chi connectivity index (χ0n) is 10.3. The molecular weight excluding hydrogens is 214 g/mol. The topological polar surface area (TPSA) is 58.5 Å². The predicted octanol–water partition coefficient (Wildman–Crippen LogP) is 1.34. The first-order valence-electron chi connectivity index (χ1n) is 5.92. The molecule has 0 saturated carbocycles. The molecule has 1 atom stereocenters. The van der Waals surface area contributed by atoms with Crippen LogP contribution in [0.1, 0.15) is 18.2 Å². The molecule has 0 aliphatic carbocycles. The summed E-state index contributed by atoms with van der Waals surface area (Å²) in [4.78, 5) is 0. The Bertz CT molecular complexity index is 431. The van der Waals surface area contributed by atoms with Gasteiger partial charge in [0.25, 0.3) is 0 Å². The van der Waals surface area contributed by atoms with E-state index in [4.69, 9.17) is 0 Å². The van der Waals surface area contributed by atoms with Gasteiger partial charge in [-0.2, -0.15) is 10.2 Å². The Morgan fingerprint density at radius 2 is 2.41 bits per heavy atom. The third-order valence-corrected chi connectivity index (χ3v) is 2.80. The normalized spacial score (nSPS) is 12.8. The number of nitrogens with zero attached hydrogens (tertiary/aromatic N) is 3. The van der Waals surface area contributed by atoms with Gasteiger partial charge in [0.2, 0.25) is 0 Å². The first kappa shape index (κ1) is 11.9. The largest absolute Gasteiger partial charge is 0.312 e. The minimum Gasteiger partial charge on any atom is -0.312 e. The number of aryl methyl sites for hydroxylation is 1. The molecular formula is C12H19N5. The number of aromatic nitrogens is 4. The molecule has 2 N–H and O–H groups in total. The molecule has 0 aromatic carbocycles. The molecule has 2 heterocycles. The molecule has 0 radical (unpaired) electrons. The highest BCUT2D eigenvalue weighted by Crippen LogP contribution is 2.03. The fourth-order valence-corrected chi connectivity index (χ4v) is 1.80. The van der Waals surface area contributed by atoms with E-state index in [1.807, 2.05) is 36.3 Å². The molecule has 5 heteroatoms. The molecule has 2 aromatic heterocycles. The van der Waals surface area contributed by atoms with Gasteiger partial charge in [0, 0.05) is 36.7 Å². The predicted molar refractivity (Wildman–Crippen MR) is 66.4 cm³/mol. The quantitative estimate of drug-likeness (QED) is 0.791. The molecule has 0 bridgehead atoms. The SMILES string of the molecule is Cc1[nH]ncc1CNC[C@@H](C)Cn1cccn1. The summed E-state index contributed by atoms with van der Waals surface area (Å²) in [6.07, 6.45) is 5.69. The standard InChI is InChI=1S/C12H19N5/c1-10(9-17-5-3-4-15-17)6-13-7-12-8-14-16-11(12)2/h3-5,8,10,13H,6-7,9H2,1-2H3,(H,14,16)/t10-/m1/s1. The Balaban J connectivity index is 1.70. The van der Waals surface area contributed by atoms with Crippen molar-refractivity contribution < 1.29 is 0 Å². The van der Waals surface area contributed by atoms with Crippen molar-refractivity contribution in [2.45, 2.75) is 26.9 Å². The fourth-order valence-electron chi connectivity index (χ4n) is 1.80. The Labute approximate surface area is 101 Å². The summed E-state index contributed by atoms with van der Waals surface area (Å²) in [5.41, 5.74) is 2.37. The van der Waals surface area contributed by atoms with E-state index in [0.29, 0.717) is 5.92 Å². The van der Waals surface area contributed by atoms with Crippen LogP contribution < -0.4 is 5.32 Å². The van der Waals surface area contributed by atoms with E-state index in [9.17, 15) is 0 Å². The van der Waals surface area contributed by atoms with E-state index in [0.717, 1.165) is 25.3 Å². The van der Waals surface area contributed by atoms with Crippen molar-refractivity contribution in [3.8, 4) is 0 Å². The second-order valence-electron chi connectivity index (χ2n) is 4.48. The van der Waals surface area contributed by atoms with Gasteiger partial charge in [0.05, 0.1) is 6.20 Å². The molecule has 17 heavy (non-hydrogen) atoms. The lowest BCUT2D eigenvalue weighted by Gasteiger charge is -2.12. The van der Waals surface area contributed by atoms with Crippen molar-refractivity contribution in [1.29, 1.82) is 0 Å². The maximum Gasteiger partial charge on any atom is 0.0535 e. The molecule has 2 rings (SSSR count). The highest BCUT2D eigenvalue weighted by molar-refractivity contribution is 5.13. The lowest BCUT2D eigenvalue weighted by atomic mass is 10.2. The van der Waals surface area contributed by atoms with Crippen LogP contribution in [0.15, 0.2) is 24.7 Å². The van der Waals surface area contributed by atoms with Gasteiger partial charge in [-0.25, -0.2) is 0 Å². The summed E-state index contributed by atoms with van der Waals surface area (Å²) in [7, 11) is 0. The van der Waals surface area contributed by atoms with Gasteiger partial charge in [-0.1, -0.05) is 6.92 Å². The Hall–Kier alpha value is -1.62. The zero-order chi connectivity index (χ0) is 12.1. The highest BCUT2D eigenvalue weighted by atomic mass is 15.3. The van der Waals surface area contributed by atoms with Crippen LogP contribution >= 0.6 is 0 Å². The molecule has 0 unspecified atom stereocenters. The summed E-state index contributed by atoms with van der Waals surface area (Å²) in [5, 5.41) is 14.6. The zero-order valence-corrected chi connectivity index (χ0v) is 10.3. The van der Waals surface area contributed by atoms with Crippen LogP contribution in [0.5, 0.6) is 0 Å². The van der Waals surface area contributed by atoms with E-state index in [1.54, 1.807) is 0 Å². The van der Waals surface area contributed by atoms with E-state index < -0.39 is 0 Å². The van der Waals surface area contributed by atoms with Crippen molar-refractivity contribution in [2.24, 2.45) is 5.92 Å². The molecule has 2 aromatic rings. The van der Waals surface area contributed by atoms with Gasteiger partial charge in [-0.3, -0.25) is 9.78 Å². The number of nitrogens with one attached hydrogen (secondary N) is 2. The third-order valence-electron chi connectivity index (χ3n) is 2.80. The van der Waals surface area contributed by atoms with Gasteiger partial charge in [-0.15, -0.1) is 0 Å². The highest BCUT2D eigenvalue weighted by Gasteiger charge is 2.04. The first-order chi connectivity index (χ1) is 8.25. The molecule has 0 fully saturated rings. The van der Waals surface area contributed by atoms with Gasteiger partial charge >= 0.3 is 0 Å². The van der Waals surface area contributed by atoms with Crippen LogP contribution in [-0.2, 0) is 13.1 Å². The van der Waals surface area contributed by atoms with Crippen molar-refractivity contribution in [3.05, 3.63) is 35.9 Å². The molecule has 0 saturated heterocycles. The van der Waals surface area contributed by atoms with Crippen molar-refractivity contribution >= 4 is 0 Å². The molecule has 0 aliphatic heterocycles. The van der Waals surface area contributed by atoms with E-state index in [2.05, 4.69) is 27.5 Å². The average Bonchev–Trinajstić information content (AvgIpc) is 2.91. The summed E-state index contributed by atoms with van der Waals surface area (Å²) >= 11 is 0. The van der Waals surface area contributed by atoms with Crippen LogP contribution in [-0.4, -0.2) is 26.5 Å². The molecule has 0 spiro atoms. The lowest BCUT2D eigenvalue weighted by Crippen LogP contribution is -2.24. The number of hydrogen-bond acceptors (Lipinski definition) is 3. The summed E-state index contributed by atoms with van der Waals surface area (Å²) in [6, 6.07) is 1.95. The summed E-state index contributed by atoms with van der Waals surface area (Å²) in [5.74, 6) is 0.558. The van der Waals surface area contributed by atoms with Gasteiger partial charge in [0.15, 0.2) is 0 Å². The van der Waals surface area contributed by atoms with Crippen molar-refractivity contribution in [2.75, 3.05) is 6.54 Å². The first-order valence-corrected chi connectivity index (χ1v) is 5.92. The van der Waals surface area contributed by atoms with E-state index in [-0.39, 0.29) is 0 Å². The summed E-state index contributed by atoms with van der Waals surface area (Å²) in [6.45, 7) is 7.05. The number of hydrogen-bond donors (Lipinski definition) is 2. The number of rotatable bonds is 6. The van der Waals surface area contributed by atoms with Crippen LogP contribution in [0, 0.1) is 12.8 Å². The van der Waals surface area contributed by atoms with Gasteiger partial charge in [0.1, 0.15) is 0 Å². The van der Waals surface area contributed by atoms with E-state index >= 15 is 0 Å². The second-order valence-corrected chi connectivity index (χ2v) is 4.48. The minimum absolute atomic E-state index is 0.558. The fraction of sp³-hybridized carbons (Fsp3) is 0.500. The maximum atomic E-state index is 4.20. The number of H-pyrrole nitrogens is 1. The second kappa shape index (κ2) is 5.63. The van der Waals surface area contributed by atoms with Crippen LogP contribution in [0.25, 0.3) is 0 Å². The van der Waals surface area contributed by atoms with Crippen LogP contribution in [0.2, 0.25) is 0 Å². The summed E-state index contributed by atoms with van der Waals surface area (Å²) < 4.78 is 1.97. The van der Waals surface area contributed by atoms with Gasteiger partial charge in [-0.05, 0) is 25.5 Å². The van der Waals surface area contributed by atoms with Crippen molar-refractivity contribution in [3.63, 3.8) is 0 Å². The smallest absolute Gasteiger partial charge is 0.0535 e. The Kier molecular flexibility index (Phi) is 3.93. The maximum absolute atomic E-state index is 4.20. The Morgan fingerprint density at radius 1 is 1.53 bits per heavy atom. The molecule has 0 aliphatic rings. The lowest BCUT2D eigenvalue weighted by molar-refractivity contribution is 0.421. The van der Waals surface area contributed by atoms with Crippen molar-refractivity contribution in [1.82, 2.24) is 25.3 Å². The molecule has 0 amide bonds. The minimum atomic E-state index is 0.558. The molecule has 92 valence electrons. The average molecular weight is 233 g/mol. The van der Waals surface area contributed by atoms with Gasteiger partial charge < -0.3 is 5.32 Å². The number of aromatic amines is 1. The van der Waals surface area contributed by atoms with Crippen LogP contribution in [0.3, 0.4) is 0 Å². The molecule has 5 nitrogen and oxygen atoms in total.